The molecule has 1 unspecified atom stereocenters. The van der Waals surface area contributed by atoms with Crippen LogP contribution in [0.15, 0.2) is 33.4 Å². The minimum absolute atomic E-state index is 0.174. The van der Waals surface area contributed by atoms with Crippen LogP contribution in [0, 0.1) is 6.92 Å². The molecule has 0 spiro atoms. The van der Waals surface area contributed by atoms with E-state index in [4.69, 9.17) is 4.42 Å². The average molecular weight is 320 g/mol. The lowest BCUT2D eigenvalue weighted by Crippen LogP contribution is -3.07. The minimum atomic E-state index is 0.174. The highest BCUT2D eigenvalue weighted by Gasteiger charge is 2.23. The molecule has 21 heavy (non-hydrogen) atoms. The van der Waals surface area contributed by atoms with Crippen LogP contribution in [0.25, 0.3) is 10.8 Å². The Morgan fingerprint density at radius 3 is 2.76 bits per heavy atom. The van der Waals surface area contributed by atoms with Gasteiger partial charge in [-0.2, -0.15) is 0 Å². The summed E-state index contributed by atoms with van der Waals surface area (Å²) in [5.74, 6) is 1.32. The topological polar surface area (TPSA) is 43.4 Å². The van der Waals surface area contributed by atoms with Gasteiger partial charge in [-0.1, -0.05) is 6.07 Å². The standard InChI is InChI=1S/C15H17N3OS2/c1-10-6-8-21-13(10)9-18(3)11(2)14-16-17-15(19-14)12-5-4-7-20-12/h4-8,11H,9H2,1-3H3/p+1/t11-/m1/s1. The molecule has 1 N–H and O–H groups in total. The molecule has 0 aliphatic rings. The van der Waals surface area contributed by atoms with Crippen LogP contribution in [-0.4, -0.2) is 17.2 Å². The van der Waals surface area contributed by atoms with Gasteiger partial charge in [-0.3, -0.25) is 0 Å². The van der Waals surface area contributed by atoms with Crippen molar-refractivity contribution in [2.45, 2.75) is 26.4 Å². The van der Waals surface area contributed by atoms with E-state index in [1.54, 1.807) is 11.3 Å². The van der Waals surface area contributed by atoms with Crippen molar-refractivity contribution in [3.05, 3.63) is 45.3 Å². The van der Waals surface area contributed by atoms with Crippen molar-refractivity contribution in [2.75, 3.05) is 7.05 Å². The maximum atomic E-state index is 5.83. The second kappa shape index (κ2) is 6.09. The zero-order valence-corrected chi connectivity index (χ0v) is 13.9. The van der Waals surface area contributed by atoms with Gasteiger partial charge in [0.15, 0.2) is 6.04 Å². The third-order valence-electron chi connectivity index (χ3n) is 3.69. The van der Waals surface area contributed by atoms with Gasteiger partial charge < -0.3 is 9.32 Å². The third-order valence-corrected chi connectivity index (χ3v) is 5.57. The summed E-state index contributed by atoms with van der Waals surface area (Å²) in [6, 6.07) is 6.33. The number of aryl methyl sites for hydroxylation is 1. The fourth-order valence-corrected chi connectivity index (χ4v) is 3.76. The molecule has 6 heteroatoms. The fraction of sp³-hybridized carbons (Fsp3) is 0.333. The Kier molecular flexibility index (Phi) is 4.19. The molecular formula is C15H18N3OS2+. The Hall–Kier alpha value is -1.50. The van der Waals surface area contributed by atoms with Gasteiger partial charge in [0.2, 0.25) is 0 Å². The lowest BCUT2D eigenvalue weighted by molar-refractivity contribution is -0.925. The van der Waals surface area contributed by atoms with Gasteiger partial charge in [0.25, 0.3) is 11.8 Å². The van der Waals surface area contributed by atoms with E-state index in [9.17, 15) is 0 Å². The van der Waals surface area contributed by atoms with E-state index in [-0.39, 0.29) is 6.04 Å². The number of nitrogens with one attached hydrogen (secondary N) is 1. The first-order chi connectivity index (χ1) is 10.1. The molecule has 3 aromatic heterocycles. The van der Waals surface area contributed by atoms with Gasteiger partial charge in [-0.15, -0.1) is 32.9 Å². The molecule has 0 saturated heterocycles. The Bertz CT molecular complexity index is 702. The average Bonchev–Trinajstić information content (AvgIpc) is 3.18. The van der Waals surface area contributed by atoms with Crippen LogP contribution in [0.5, 0.6) is 0 Å². The first-order valence-corrected chi connectivity index (χ1v) is 8.63. The highest BCUT2D eigenvalue weighted by Crippen LogP contribution is 2.24. The molecule has 0 aromatic carbocycles. The van der Waals surface area contributed by atoms with Gasteiger partial charge in [-0.05, 0) is 42.3 Å². The summed E-state index contributed by atoms with van der Waals surface area (Å²) in [4.78, 5) is 3.78. The third kappa shape index (κ3) is 3.07. The van der Waals surface area contributed by atoms with Crippen LogP contribution in [-0.2, 0) is 6.54 Å². The van der Waals surface area contributed by atoms with Crippen molar-refractivity contribution in [3.63, 3.8) is 0 Å². The second-order valence-corrected chi connectivity index (χ2v) is 7.14. The quantitative estimate of drug-likeness (QED) is 0.786. The Morgan fingerprint density at radius 1 is 1.24 bits per heavy atom. The smallest absolute Gasteiger partial charge is 0.274 e. The Balaban J connectivity index is 1.73. The van der Waals surface area contributed by atoms with Crippen molar-refractivity contribution in [3.8, 4) is 10.8 Å². The van der Waals surface area contributed by atoms with Gasteiger partial charge in [0, 0.05) is 0 Å². The highest BCUT2D eigenvalue weighted by molar-refractivity contribution is 7.13. The number of rotatable bonds is 5. The Labute approximate surface area is 132 Å². The van der Waals surface area contributed by atoms with Crippen molar-refractivity contribution in [2.24, 2.45) is 0 Å². The van der Waals surface area contributed by atoms with E-state index < -0.39 is 0 Å². The van der Waals surface area contributed by atoms with Crippen LogP contribution in [0.3, 0.4) is 0 Å². The van der Waals surface area contributed by atoms with Gasteiger partial charge in [-0.25, -0.2) is 0 Å². The number of thiophene rings is 2. The lowest BCUT2D eigenvalue weighted by atomic mass is 10.2. The molecule has 3 heterocycles. The number of aromatic nitrogens is 2. The van der Waals surface area contributed by atoms with E-state index in [0.717, 1.165) is 11.4 Å². The molecule has 0 fully saturated rings. The molecule has 3 rings (SSSR count). The maximum Gasteiger partial charge on any atom is 0.274 e. The van der Waals surface area contributed by atoms with E-state index in [1.807, 2.05) is 28.8 Å². The van der Waals surface area contributed by atoms with Crippen molar-refractivity contribution in [1.29, 1.82) is 0 Å². The number of quaternary nitrogens is 1. The summed E-state index contributed by atoms with van der Waals surface area (Å²) in [5.41, 5.74) is 1.36. The van der Waals surface area contributed by atoms with Gasteiger partial charge >= 0.3 is 0 Å². The molecule has 0 saturated carbocycles. The predicted molar refractivity (Wildman–Crippen MR) is 85.7 cm³/mol. The predicted octanol–water partition coefficient (Wildman–Crippen LogP) is 2.94. The molecule has 0 aliphatic heterocycles. The zero-order chi connectivity index (χ0) is 14.8. The van der Waals surface area contributed by atoms with Crippen molar-refractivity contribution < 1.29 is 9.32 Å². The summed E-state index contributed by atoms with van der Waals surface area (Å²) < 4.78 is 5.83. The SMILES string of the molecule is Cc1ccsc1C[NH+](C)[C@H](C)c1nnc(-c2cccs2)o1. The molecule has 0 amide bonds. The van der Waals surface area contributed by atoms with E-state index >= 15 is 0 Å². The molecule has 0 radical (unpaired) electrons. The van der Waals surface area contributed by atoms with Crippen LogP contribution in [0.1, 0.15) is 29.3 Å². The van der Waals surface area contributed by atoms with Crippen LogP contribution >= 0.6 is 22.7 Å². The van der Waals surface area contributed by atoms with E-state index in [1.165, 1.54) is 15.3 Å². The molecular weight excluding hydrogens is 302 g/mol. The number of hydrogen-bond acceptors (Lipinski definition) is 5. The second-order valence-electron chi connectivity index (χ2n) is 5.19. The number of hydrogen-bond donors (Lipinski definition) is 1. The van der Waals surface area contributed by atoms with E-state index in [0.29, 0.717) is 11.8 Å². The normalized spacial score (nSPS) is 14.2. The first kappa shape index (κ1) is 14.4. The van der Waals surface area contributed by atoms with Crippen LogP contribution in [0.2, 0.25) is 0 Å². The highest BCUT2D eigenvalue weighted by atomic mass is 32.1. The van der Waals surface area contributed by atoms with Crippen molar-refractivity contribution in [1.82, 2.24) is 10.2 Å². The molecule has 0 aliphatic carbocycles. The number of nitrogens with zero attached hydrogens (tertiary/aromatic N) is 2. The largest absolute Gasteiger partial charge is 0.414 e. The first-order valence-electron chi connectivity index (χ1n) is 6.87. The van der Waals surface area contributed by atoms with Crippen molar-refractivity contribution >= 4 is 22.7 Å². The summed E-state index contributed by atoms with van der Waals surface area (Å²) in [5, 5.41) is 12.5. The lowest BCUT2D eigenvalue weighted by Gasteiger charge is -2.18. The fourth-order valence-electron chi connectivity index (χ4n) is 2.11. The minimum Gasteiger partial charge on any atom is -0.414 e. The van der Waals surface area contributed by atoms with Crippen LogP contribution in [0.4, 0.5) is 0 Å². The zero-order valence-electron chi connectivity index (χ0n) is 12.3. The molecule has 0 bridgehead atoms. The monoisotopic (exact) mass is 320 g/mol. The maximum absolute atomic E-state index is 5.83. The Morgan fingerprint density at radius 2 is 2.10 bits per heavy atom. The molecule has 3 aromatic rings. The molecule has 110 valence electrons. The summed E-state index contributed by atoms with van der Waals surface area (Å²) in [6.07, 6.45) is 0. The van der Waals surface area contributed by atoms with Crippen LogP contribution < -0.4 is 4.90 Å². The summed E-state index contributed by atoms with van der Waals surface area (Å²) in [6.45, 7) is 5.26. The summed E-state index contributed by atoms with van der Waals surface area (Å²) >= 11 is 3.42. The van der Waals surface area contributed by atoms with Gasteiger partial charge in [0.05, 0.1) is 16.8 Å². The summed E-state index contributed by atoms with van der Waals surface area (Å²) in [7, 11) is 2.17. The molecule has 2 atom stereocenters. The molecule has 4 nitrogen and oxygen atoms in total. The van der Waals surface area contributed by atoms with E-state index in [2.05, 4.69) is 42.5 Å². The van der Waals surface area contributed by atoms with Gasteiger partial charge in [0.1, 0.15) is 6.54 Å².